The summed E-state index contributed by atoms with van der Waals surface area (Å²) in [4.78, 5) is 14.0. The van der Waals surface area contributed by atoms with E-state index < -0.39 is 0 Å². The van der Waals surface area contributed by atoms with Gasteiger partial charge in [0.15, 0.2) is 0 Å². The van der Waals surface area contributed by atoms with Gasteiger partial charge < -0.3 is 9.64 Å². The summed E-state index contributed by atoms with van der Waals surface area (Å²) in [5.41, 5.74) is 0.640. The SMILES string of the molecule is C=CCN(CC=C)C(=O)c1ccc(OCCCBr)cc1. The van der Waals surface area contributed by atoms with Crippen LogP contribution in [0.2, 0.25) is 0 Å². The summed E-state index contributed by atoms with van der Waals surface area (Å²) in [5.74, 6) is 0.748. The molecule has 108 valence electrons. The maximum atomic E-state index is 12.3. The summed E-state index contributed by atoms with van der Waals surface area (Å²) in [6.07, 6.45) is 4.37. The van der Waals surface area contributed by atoms with Gasteiger partial charge in [-0.15, -0.1) is 13.2 Å². The minimum absolute atomic E-state index is 0.0307. The Morgan fingerprint density at radius 2 is 1.80 bits per heavy atom. The molecular weight excluding hydrogens is 318 g/mol. The lowest BCUT2D eigenvalue weighted by atomic mass is 10.2. The Morgan fingerprint density at radius 1 is 1.20 bits per heavy atom. The molecule has 1 amide bonds. The van der Waals surface area contributed by atoms with Crippen LogP contribution < -0.4 is 4.74 Å². The number of hydrogen-bond donors (Lipinski definition) is 0. The Morgan fingerprint density at radius 3 is 2.30 bits per heavy atom. The van der Waals surface area contributed by atoms with Crippen LogP contribution in [0.15, 0.2) is 49.6 Å². The van der Waals surface area contributed by atoms with Gasteiger partial charge in [0.1, 0.15) is 5.75 Å². The van der Waals surface area contributed by atoms with Crippen LogP contribution >= 0.6 is 15.9 Å². The van der Waals surface area contributed by atoms with E-state index in [1.165, 1.54) is 0 Å². The molecule has 3 nitrogen and oxygen atoms in total. The van der Waals surface area contributed by atoms with Crippen molar-refractivity contribution in [3.8, 4) is 5.75 Å². The number of carbonyl (C=O) groups excluding carboxylic acids is 1. The van der Waals surface area contributed by atoms with Gasteiger partial charge in [0, 0.05) is 24.0 Å². The van der Waals surface area contributed by atoms with Crippen molar-refractivity contribution in [3.05, 3.63) is 55.1 Å². The maximum absolute atomic E-state index is 12.3. The van der Waals surface area contributed by atoms with E-state index in [-0.39, 0.29) is 5.91 Å². The quantitative estimate of drug-likeness (QED) is 0.391. The first-order valence-electron chi connectivity index (χ1n) is 6.52. The number of halogens is 1. The summed E-state index contributed by atoms with van der Waals surface area (Å²) in [5, 5.41) is 0.918. The Labute approximate surface area is 129 Å². The Balaban J connectivity index is 2.68. The van der Waals surface area contributed by atoms with E-state index in [4.69, 9.17) is 4.74 Å². The molecule has 0 radical (unpaired) electrons. The monoisotopic (exact) mass is 337 g/mol. The van der Waals surface area contributed by atoms with Crippen molar-refractivity contribution in [2.75, 3.05) is 25.0 Å². The third-order valence-electron chi connectivity index (χ3n) is 2.63. The van der Waals surface area contributed by atoms with Gasteiger partial charge in [0.05, 0.1) is 6.61 Å². The number of carbonyl (C=O) groups is 1. The van der Waals surface area contributed by atoms with Gasteiger partial charge in [-0.2, -0.15) is 0 Å². The van der Waals surface area contributed by atoms with Gasteiger partial charge in [0.2, 0.25) is 0 Å². The van der Waals surface area contributed by atoms with Crippen molar-refractivity contribution < 1.29 is 9.53 Å². The number of alkyl halides is 1. The molecule has 0 aliphatic rings. The lowest BCUT2D eigenvalue weighted by Gasteiger charge is -2.19. The van der Waals surface area contributed by atoms with Crippen LogP contribution in [0.4, 0.5) is 0 Å². The molecule has 0 spiro atoms. The van der Waals surface area contributed by atoms with E-state index in [1.54, 1.807) is 29.2 Å². The molecule has 0 atom stereocenters. The van der Waals surface area contributed by atoms with Crippen molar-refractivity contribution in [2.24, 2.45) is 0 Å². The Kier molecular flexibility index (Phi) is 7.73. The van der Waals surface area contributed by atoms with Gasteiger partial charge >= 0.3 is 0 Å². The molecule has 0 fully saturated rings. The lowest BCUT2D eigenvalue weighted by molar-refractivity contribution is 0.0791. The molecule has 1 rings (SSSR count). The fourth-order valence-electron chi connectivity index (χ4n) is 1.67. The smallest absolute Gasteiger partial charge is 0.254 e. The molecule has 1 aromatic rings. The predicted octanol–water partition coefficient (Wildman–Crippen LogP) is 3.66. The second-order valence-electron chi connectivity index (χ2n) is 4.20. The molecule has 0 aliphatic heterocycles. The number of hydrogen-bond acceptors (Lipinski definition) is 2. The van der Waals surface area contributed by atoms with Gasteiger partial charge in [-0.3, -0.25) is 4.79 Å². The molecule has 0 aromatic heterocycles. The lowest BCUT2D eigenvalue weighted by Crippen LogP contribution is -2.31. The molecule has 0 heterocycles. The zero-order valence-corrected chi connectivity index (χ0v) is 13.1. The van der Waals surface area contributed by atoms with E-state index in [1.807, 2.05) is 12.1 Å². The second-order valence-corrected chi connectivity index (χ2v) is 5.00. The third-order valence-corrected chi connectivity index (χ3v) is 3.19. The molecule has 0 aliphatic carbocycles. The highest BCUT2D eigenvalue weighted by atomic mass is 79.9. The molecule has 0 N–H and O–H groups in total. The first-order chi connectivity index (χ1) is 9.72. The van der Waals surface area contributed by atoms with Crippen LogP contribution in [0.1, 0.15) is 16.8 Å². The van der Waals surface area contributed by atoms with E-state index in [2.05, 4.69) is 29.1 Å². The summed E-state index contributed by atoms with van der Waals surface area (Å²) >= 11 is 3.35. The number of benzene rings is 1. The molecule has 20 heavy (non-hydrogen) atoms. The highest BCUT2D eigenvalue weighted by molar-refractivity contribution is 9.09. The summed E-state index contributed by atoms with van der Waals surface area (Å²) in [6, 6.07) is 7.21. The van der Waals surface area contributed by atoms with Crippen molar-refractivity contribution >= 4 is 21.8 Å². The summed E-state index contributed by atoms with van der Waals surface area (Å²) < 4.78 is 5.55. The van der Waals surface area contributed by atoms with Crippen molar-refractivity contribution in [3.63, 3.8) is 0 Å². The highest BCUT2D eigenvalue weighted by Gasteiger charge is 2.13. The van der Waals surface area contributed by atoms with Crippen molar-refractivity contribution in [1.82, 2.24) is 4.90 Å². The largest absolute Gasteiger partial charge is 0.494 e. The van der Waals surface area contributed by atoms with Crippen LogP contribution in [0.3, 0.4) is 0 Å². The molecule has 0 bridgehead atoms. The fraction of sp³-hybridized carbons (Fsp3) is 0.312. The van der Waals surface area contributed by atoms with Crippen LogP contribution in [0.5, 0.6) is 5.75 Å². The maximum Gasteiger partial charge on any atom is 0.254 e. The average molecular weight is 338 g/mol. The number of ether oxygens (including phenoxy) is 1. The zero-order chi connectivity index (χ0) is 14.8. The van der Waals surface area contributed by atoms with E-state index in [0.717, 1.165) is 17.5 Å². The highest BCUT2D eigenvalue weighted by Crippen LogP contribution is 2.14. The molecule has 1 aromatic carbocycles. The average Bonchev–Trinajstić information content (AvgIpc) is 2.47. The summed E-state index contributed by atoms with van der Waals surface area (Å²) in [6.45, 7) is 9.01. The molecule has 0 saturated carbocycles. The Bertz CT molecular complexity index is 432. The topological polar surface area (TPSA) is 29.5 Å². The van der Waals surface area contributed by atoms with Crippen LogP contribution in [0, 0.1) is 0 Å². The van der Waals surface area contributed by atoms with Gasteiger partial charge in [-0.05, 0) is 30.7 Å². The second kappa shape index (κ2) is 9.37. The standard InChI is InChI=1S/C16H20BrNO2/c1-3-11-18(12-4-2)16(19)14-6-8-15(9-7-14)20-13-5-10-17/h3-4,6-9H,1-2,5,10-13H2. The zero-order valence-electron chi connectivity index (χ0n) is 11.6. The van der Waals surface area contributed by atoms with E-state index in [9.17, 15) is 4.79 Å². The van der Waals surface area contributed by atoms with Crippen LogP contribution in [-0.2, 0) is 0 Å². The molecule has 0 unspecified atom stereocenters. The first kappa shape index (κ1) is 16.5. The number of rotatable bonds is 9. The van der Waals surface area contributed by atoms with Crippen LogP contribution in [-0.4, -0.2) is 35.8 Å². The third kappa shape index (κ3) is 5.21. The minimum Gasteiger partial charge on any atom is -0.494 e. The summed E-state index contributed by atoms with van der Waals surface area (Å²) in [7, 11) is 0. The van der Waals surface area contributed by atoms with Gasteiger partial charge in [0.25, 0.3) is 5.91 Å². The van der Waals surface area contributed by atoms with Crippen molar-refractivity contribution in [1.29, 1.82) is 0 Å². The molecule has 0 saturated heterocycles. The van der Waals surface area contributed by atoms with Crippen LogP contribution in [0.25, 0.3) is 0 Å². The van der Waals surface area contributed by atoms with E-state index >= 15 is 0 Å². The molecular formula is C16H20BrNO2. The normalized spacial score (nSPS) is 9.85. The van der Waals surface area contributed by atoms with Gasteiger partial charge in [-0.25, -0.2) is 0 Å². The van der Waals surface area contributed by atoms with E-state index in [0.29, 0.717) is 25.3 Å². The van der Waals surface area contributed by atoms with Gasteiger partial charge in [-0.1, -0.05) is 28.1 Å². The number of nitrogens with zero attached hydrogens (tertiary/aromatic N) is 1. The molecule has 4 heteroatoms. The minimum atomic E-state index is -0.0307. The first-order valence-corrected chi connectivity index (χ1v) is 7.65. The Hall–Kier alpha value is -1.55. The number of amides is 1. The fourth-order valence-corrected chi connectivity index (χ4v) is 1.90. The predicted molar refractivity (Wildman–Crippen MR) is 86.6 cm³/mol. The van der Waals surface area contributed by atoms with Crippen molar-refractivity contribution in [2.45, 2.75) is 6.42 Å².